The van der Waals surface area contributed by atoms with E-state index >= 15 is 0 Å². The van der Waals surface area contributed by atoms with E-state index in [0.29, 0.717) is 0 Å². The van der Waals surface area contributed by atoms with Gasteiger partial charge in [-0.25, -0.2) is 0 Å². The number of hydrogen-bond acceptors (Lipinski definition) is 1. The minimum absolute atomic E-state index is 0.110. The van der Waals surface area contributed by atoms with Crippen LogP contribution in [-0.4, -0.2) is 0 Å². The molecule has 0 aliphatic heterocycles. The highest BCUT2D eigenvalue weighted by atomic mass is 15.1. The second kappa shape index (κ2) is 12.3. The van der Waals surface area contributed by atoms with Gasteiger partial charge in [-0.1, -0.05) is 155 Å². The van der Waals surface area contributed by atoms with Crippen molar-refractivity contribution in [2.24, 2.45) is 0 Å². The van der Waals surface area contributed by atoms with Crippen molar-refractivity contribution < 1.29 is 0 Å². The van der Waals surface area contributed by atoms with Gasteiger partial charge in [0.15, 0.2) is 0 Å². The van der Waals surface area contributed by atoms with Crippen molar-refractivity contribution >= 4 is 60.2 Å². The van der Waals surface area contributed by atoms with Gasteiger partial charge in [0.1, 0.15) is 0 Å². The SMILES string of the molecule is CC1(C)c2cc3ccccc3cc2-c2cc3ccc(N(c4cccc(-c5ccccc5)c4)c4ccc5c6c(ccc5c4)-c4ccc5ccccc5c4C6(C)C)cc3cc21. The Kier molecular flexibility index (Phi) is 7.10. The van der Waals surface area contributed by atoms with Crippen molar-refractivity contribution in [2.75, 3.05) is 4.90 Å². The number of benzene rings is 10. The fourth-order valence-corrected chi connectivity index (χ4v) is 10.8. The van der Waals surface area contributed by atoms with Crippen molar-refractivity contribution in [3.63, 3.8) is 0 Å². The Labute approximate surface area is 345 Å². The second-order valence-electron chi connectivity index (χ2n) is 17.8. The minimum Gasteiger partial charge on any atom is -0.310 e. The van der Waals surface area contributed by atoms with Crippen molar-refractivity contribution in [1.82, 2.24) is 0 Å². The van der Waals surface area contributed by atoms with Crippen molar-refractivity contribution in [3.05, 3.63) is 210 Å². The van der Waals surface area contributed by atoms with Gasteiger partial charge in [0.05, 0.1) is 0 Å². The lowest BCUT2D eigenvalue weighted by Crippen LogP contribution is -2.16. The van der Waals surface area contributed by atoms with Crippen molar-refractivity contribution in [2.45, 2.75) is 38.5 Å². The van der Waals surface area contributed by atoms with Crippen LogP contribution < -0.4 is 4.90 Å². The highest BCUT2D eigenvalue weighted by Gasteiger charge is 2.39. The molecule has 10 aromatic rings. The normalized spacial score (nSPS) is 14.4. The zero-order valence-electron chi connectivity index (χ0n) is 33.8. The number of rotatable bonds is 4. The molecule has 0 fully saturated rings. The van der Waals surface area contributed by atoms with Crippen LogP contribution in [0.5, 0.6) is 0 Å². The van der Waals surface area contributed by atoms with Crippen LogP contribution >= 0.6 is 0 Å². The van der Waals surface area contributed by atoms with Gasteiger partial charge in [-0.2, -0.15) is 0 Å². The van der Waals surface area contributed by atoms with E-state index in [9.17, 15) is 0 Å². The second-order valence-corrected chi connectivity index (χ2v) is 17.8. The maximum Gasteiger partial charge on any atom is 0.0468 e. The molecular weight excluding hydrogens is 711 g/mol. The first-order valence-corrected chi connectivity index (χ1v) is 20.9. The molecule has 2 aliphatic carbocycles. The van der Waals surface area contributed by atoms with Gasteiger partial charge >= 0.3 is 0 Å². The van der Waals surface area contributed by atoms with E-state index in [2.05, 4.69) is 221 Å². The molecule has 0 spiro atoms. The Morgan fingerprint density at radius 1 is 0.305 bits per heavy atom. The quantitative estimate of drug-likeness (QED) is 0.173. The summed E-state index contributed by atoms with van der Waals surface area (Å²) in [6.07, 6.45) is 0. The zero-order valence-corrected chi connectivity index (χ0v) is 33.8. The van der Waals surface area contributed by atoms with Gasteiger partial charge < -0.3 is 4.90 Å². The Hall–Kier alpha value is -6.96. The highest BCUT2D eigenvalue weighted by molar-refractivity contribution is 6.05. The maximum absolute atomic E-state index is 2.46. The van der Waals surface area contributed by atoms with Crippen LogP contribution in [0.2, 0.25) is 0 Å². The molecule has 0 bridgehead atoms. The van der Waals surface area contributed by atoms with Crippen LogP contribution in [0.15, 0.2) is 188 Å². The molecule has 10 aromatic carbocycles. The molecule has 0 radical (unpaired) electrons. The standard InChI is InChI=1S/C58H43N/c1-57(2)53-34-40-17-9-8-16-39(40)32-51(53)52-33-41-21-24-45(31-43(41)35-54(52)57)59(44-19-12-18-38(29-44)36-13-6-5-7-14-36)46-25-28-48-42(30-46)23-27-50-49-26-22-37-15-10-11-20-47(37)55(49)58(3,4)56(48)50/h5-35H,1-4H3. The highest BCUT2D eigenvalue weighted by Crippen LogP contribution is 2.55. The van der Waals surface area contributed by atoms with Crippen LogP contribution in [0.3, 0.4) is 0 Å². The minimum atomic E-state index is -0.144. The smallest absolute Gasteiger partial charge is 0.0468 e. The molecule has 0 heterocycles. The van der Waals surface area contributed by atoms with E-state index in [1.54, 1.807) is 0 Å². The number of anilines is 3. The largest absolute Gasteiger partial charge is 0.310 e. The summed E-state index contributed by atoms with van der Waals surface area (Å²) in [5, 5.41) is 10.3. The zero-order chi connectivity index (χ0) is 39.6. The molecule has 12 rings (SSSR count). The van der Waals surface area contributed by atoms with Crippen molar-refractivity contribution in [3.8, 4) is 33.4 Å². The van der Waals surface area contributed by atoms with E-state index in [-0.39, 0.29) is 10.8 Å². The summed E-state index contributed by atoms with van der Waals surface area (Å²) in [6, 6.07) is 70.5. The molecular formula is C58H43N. The lowest BCUT2D eigenvalue weighted by molar-refractivity contribution is 0.662. The summed E-state index contributed by atoms with van der Waals surface area (Å²) in [5.74, 6) is 0. The predicted octanol–water partition coefficient (Wildman–Crippen LogP) is 16.0. The molecule has 59 heavy (non-hydrogen) atoms. The van der Waals surface area contributed by atoms with Crippen LogP contribution in [0.25, 0.3) is 76.5 Å². The molecule has 2 aliphatic rings. The van der Waals surface area contributed by atoms with Gasteiger partial charge in [0.25, 0.3) is 0 Å². The maximum atomic E-state index is 2.46. The molecule has 0 saturated carbocycles. The van der Waals surface area contributed by atoms with Gasteiger partial charge in [-0.15, -0.1) is 0 Å². The number of nitrogens with zero attached hydrogens (tertiary/aromatic N) is 1. The lowest BCUT2D eigenvalue weighted by Gasteiger charge is -2.28. The van der Waals surface area contributed by atoms with Gasteiger partial charge in [0, 0.05) is 27.9 Å². The molecule has 1 heteroatoms. The first-order chi connectivity index (χ1) is 28.7. The monoisotopic (exact) mass is 753 g/mol. The molecule has 0 amide bonds. The van der Waals surface area contributed by atoms with Crippen molar-refractivity contribution in [1.29, 1.82) is 0 Å². The Balaban J connectivity index is 1.03. The summed E-state index contributed by atoms with van der Waals surface area (Å²) >= 11 is 0. The average Bonchev–Trinajstić information content (AvgIpc) is 3.64. The summed E-state index contributed by atoms with van der Waals surface area (Å²) in [5.41, 5.74) is 16.6. The first kappa shape index (κ1) is 34.1. The van der Waals surface area contributed by atoms with E-state index in [4.69, 9.17) is 0 Å². The van der Waals surface area contributed by atoms with Gasteiger partial charge in [-0.3, -0.25) is 0 Å². The first-order valence-electron chi connectivity index (χ1n) is 20.9. The van der Waals surface area contributed by atoms with Gasteiger partial charge in [-0.05, 0) is 159 Å². The molecule has 0 unspecified atom stereocenters. The molecule has 0 N–H and O–H groups in total. The van der Waals surface area contributed by atoms with E-state index in [1.807, 2.05) is 0 Å². The predicted molar refractivity (Wildman–Crippen MR) is 252 cm³/mol. The van der Waals surface area contributed by atoms with E-state index in [0.717, 1.165) is 17.1 Å². The summed E-state index contributed by atoms with van der Waals surface area (Å²) in [7, 11) is 0. The van der Waals surface area contributed by atoms with Crippen LogP contribution in [-0.2, 0) is 10.8 Å². The third-order valence-electron chi connectivity index (χ3n) is 13.7. The average molecular weight is 754 g/mol. The number of fused-ring (bicyclic) bond motifs is 12. The molecule has 0 atom stereocenters. The molecule has 0 saturated heterocycles. The lowest BCUT2D eigenvalue weighted by atomic mass is 9.78. The molecule has 280 valence electrons. The fraction of sp³-hybridized carbons (Fsp3) is 0.103. The summed E-state index contributed by atoms with van der Waals surface area (Å²) in [4.78, 5) is 2.45. The van der Waals surface area contributed by atoms with E-state index in [1.165, 1.54) is 98.7 Å². The molecule has 0 aromatic heterocycles. The topological polar surface area (TPSA) is 3.24 Å². The van der Waals surface area contributed by atoms with Crippen LogP contribution in [0.4, 0.5) is 17.1 Å². The number of hydrogen-bond donors (Lipinski definition) is 0. The third-order valence-corrected chi connectivity index (χ3v) is 13.7. The summed E-state index contributed by atoms with van der Waals surface area (Å²) in [6.45, 7) is 9.59. The Morgan fingerprint density at radius 3 is 1.54 bits per heavy atom. The molecule has 1 nitrogen and oxygen atoms in total. The summed E-state index contributed by atoms with van der Waals surface area (Å²) < 4.78 is 0. The van der Waals surface area contributed by atoms with Gasteiger partial charge in [0.2, 0.25) is 0 Å². The Bertz CT molecular complexity index is 3380. The Morgan fingerprint density at radius 2 is 0.814 bits per heavy atom. The van der Waals surface area contributed by atoms with Crippen LogP contribution in [0.1, 0.15) is 49.9 Å². The fourth-order valence-electron chi connectivity index (χ4n) is 10.8. The third kappa shape index (κ3) is 4.98. The van der Waals surface area contributed by atoms with Crippen LogP contribution in [0, 0.1) is 0 Å². The van der Waals surface area contributed by atoms with E-state index < -0.39 is 0 Å².